The molecule has 0 spiro atoms. The van der Waals surface area contributed by atoms with Crippen LogP contribution >= 0.6 is 0 Å². The highest BCUT2D eigenvalue weighted by Crippen LogP contribution is 2.29. The van der Waals surface area contributed by atoms with Gasteiger partial charge in [0.2, 0.25) is 0 Å². The lowest BCUT2D eigenvalue weighted by atomic mass is 10.1. The lowest BCUT2D eigenvalue weighted by molar-refractivity contribution is 0.0693. The summed E-state index contributed by atoms with van der Waals surface area (Å²) in [5, 5.41) is 9.03. The topological polar surface area (TPSA) is 46.5 Å². The van der Waals surface area contributed by atoms with E-state index in [0.717, 1.165) is 11.1 Å². The molecule has 2 rings (SSSR count). The quantitative estimate of drug-likeness (QED) is 0.909. The number of hydrogen-bond donors (Lipinski definition) is 1. The van der Waals surface area contributed by atoms with Crippen LogP contribution in [-0.2, 0) is 0 Å². The molecule has 0 aliphatic heterocycles. The van der Waals surface area contributed by atoms with Crippen molar-refractivity contribution in [2.24, 2.45) is 0 Å². The molecule has 2 aromatic rings. The number of halogens is 1. The summed E-state index contributed by atoms with van der Waals surface area (Å²) in [5.41, 5.74) is 1.73. The molecular formula is C15H13FO3. The van der Waals surface area contributed by atoms with Gasteiger partial charge in [-0.25, -0.2) is 9.18 Å². The average Bonchev–Trinajstić information content (AvgIpc) is 2.30. The third-order valence-electron chi connectivity index (χ3n) is 2.61. The molecule has 0 atom stereocenters. The third-order valence-corrected chi connectivity index (χ3v) is 2.61. The molecule has 0 fully saturated rings. The molecule has 0 aromatic heterocycles. The van der Waals surface area contributed by atoms with Gasteiger partial charge in [0.15, 0.2) is 11.6 Å². The lowest BCUT2D eigenvalue weighted by Gasteiger charge is -2.11. The standard InChI is InChI=1S/C15H13FO3/c1-9-6-10(2)8-11(7-9)19-14-12(15(17)18)4-3-5-13(14)16/h3-8H,1-2H3,(H,17,18). The molecule has 0 saturated heterocycles. The molecule has 0 heterocycles. The maximum absolute atomic E-state index is 13.7. The van der Waals surface area contributed by atoms with E-state index in [9.17, 15) is 9.18 Å². The molecule has 0 radical (unpaired) electrons. The molecule has 0 amide bonds. The van der Waals surface area contributed by atoms with Crippen LogP contribution in [0.2, 0.25) is 0 Å². The van der Waals surface area contributed by atoms with E-state index >= 15 is 0 Å². The van der Waals surface area contributed by atoms with Crippen LogP contribution in [0.4, 0.5) is 4.39 Å². The highest BCUT2D eigenvalue weighted by molar-refractivity contribution is 5.91. The van der Waals surface area contributed by atoms with Crippen molar-refractivity contribution in [3.8, 4) is 11.5 Å². The second-order valence-corrected chi connectivity index (χ2v) is 4.35. The smallest absolute Gasteiger partial charge is 0.339 e. The van der Waals surface area contributed by atoms with Gasteiger partial charge in [0, 0.05) is 0 Å². The lowest BCUT2D eigenvalue weighted by Crippen LogP contribution is -2.02. The number of carbonyl (C=O) groups is 1. The summed E-state index contributed by atoms with van der Waals surface area (Å²) < 4.78 is 19.1. The van der Waals surface area contributed by atoms with E-state index in [0.29, 0.717) is 5.75 Å². The molecule has 0 aliphatic rings. The zero-order valence-corrected chi connectivity index (χ0v) is 10.6. The van der Waals surface area contributed by atoms with E-state index in [2.05, 4.69) is 0 Å². The molecule has 4 heteroatoms. The van der Waals surface area contributed by atoms with Crippen molar-refractivity contribution < 1.29 is 19.0 Å². The van der Waals surface area contributed by atoms with Crippen molar-refractivity contribution in [1.82, 2.24) is 0 Å². The normalized spacial score (nSPS) is 10.3. The number of carboxylic acids is 1. The van der Waals surface area contributed by atoms with Gasteiger partial charge in [0.25, 0.3) is 0 Å². The van der Waals surface area contributed by atoms with Crippen LogP contribution < -0.4 is 4.74 Å². The SMILES string of the molecule is Cc1cc(C)cc(Oc2c(F)cccc2C(=O)O)c1. The number of aromatic carboxylic acids is 1. The highest BCUT2D eigenvalue weighted by Gasteiger charge is 2.16. The second kappa shape index (κ2) is 5.10. The van der Waals surface area contributed by atoms with E-state index in [-0.39, 0.29) is 11.3 Å². The molecule has 1 N–H and O–H groups in total. The third kappa shape index (κ3) is 2.91. The molecule has 0 bridgehead atoms. The van der Waals surface area contributed by atoms with Gasteiger partial charge in [0.05, 0.1) is 0 Å². The molecule has 0 saturated carbocycles. The summed E-state index contributed by atoms with van der Waals surface area (Å²) in [4.78, 5) is 11.1. The second-order valence-electron chi connectivity index (χ2n) is 4.35. The Balaban J connectivity index is 2.45. The van der Waals surface area contributed by atoms with Crippen LogP contribution in [0, 0.1) is 19.7 Å². The summed E-state index contributed by atoms with van der Waals surface area (Å²) in [5.74, 6) is -1.76. The van der Waals surface area contributed by atoms with Gasteiger partial charge in [-0.2, -0.15) is 0 Å². The van der Waals surface area contributed by atoms with Crippen molar-refractivity contribution in [3.63, 3.8) is 0 Å². The zero-order valence-electron chi connectivity index (χ0n) is 10.6. The van der Waals surface area contributed by atoms with Crippen molar-refractivity contribution in [2.75, 3.05) is 0 Å². The Hall–Kier alpha value is -2.36. The maximum atomic E-state index is 13.7. The monoisotopic (exact) mass is 260 g/mol. The minimum Gasteiger partial charge on any atom is -0.478 e. The number of aryl methyl sites for hydroxylation is 2. The minimum atomic E-state index is -1.22. The van der Waals surface area contributed by atoms with Crippen LogP contribution in [0.1, 0.15) is 21.5 Å². The number of benzene rings is 2. The fraction of sp³-hybridized carbons (Fsp3) is 0.133. The van der Waals surface area contributed by atoms with E-state index in [1.807, 2.05) is 19.9 Å². The number of carboxylic acid groups (broad SMARTS) is 1. The Bertz CT molecular complexity index is 615. The van der Waals surface area contributed by atoms with Crippen LogP contribution in [-0.4, -0.2) is 11.1 Å². The first-order valence-electron chi connectivity index (χ1n) is 5.75. The molecular weight excluding hydrogens is 247 g/mol. The summed E-state index contributed by atoms with van der Waals surface area (Å²) in [7, 11) is 0. The number of para-hydroxylation sites is 1. The molecule has 19 heavy (non-hydrogen) atoms. The van der Waals surface area contributed by atoms with Gasteiger partial charge in [-0.1, -0.05) is 12.1 Å². The highest BCUT2D eigenvalue weighted by atomic mass is 19.1. The van der Waals surface area contributed by atoms with E-state index in [1.54, 1.807) is 12.1 Å². The van der Waals surface area contributed by atoms with E-state index < -0.39 is 11.8 Å². The molecule has 0 aliphatic carbocycles. The molecule has 2 aromatic carbocycles. The Labute approximate surface area is 110 Å². The van der Waals surface area contributed by atoms with Crippen molar-refractivity contribution in [3.05, 3.63) is 58.9 Å². The predicted octanol–water partition coefficient (Wildman–Crippen LogP) is 3.93. The van der Waals surface area contributed by atoms with Gasteiger partial charge in [0.1, 0.15) is 11.3 Å². The summed E-state index contributed by atoms with van der Waals surface area (Å²) >= 11 is 0. The maximum Gasteiger partial charge on any atom is 0.339 e. The van der Waals surface area contributed by atoms with Crippen molar-refractivity contribution >= 4 is 5.97 Å². The van der Waals surface area contributed by atoms with Gasteiger partial charge < -0.3 is 9.84 Å². The van der Waals surface area contributed by atoms with E-state index in [4.69, 9.17) is 9.84 Å². The summed E-state index contributed by atoms with van der Waals surface area (Å²) in [6.45, 7) is 3.78. The minimum absolute atomic E-state index is 0.195. The van der Waals surface area contributed by atoms with Gasteiger partial charge in [-0.3, -0.25) is 0 Å². The molecule has 98 valence electrons. The first-order valence-corrected chi connectivity index (χ1v) is 5.75. The Kier molecular flexibility index (Phi) is 3.51. The number of hydrogen-bond acceptors (Lipinski definition) is 2. The van der Waals surface area contributed by atoms with Crippen LogP contribution in [0.5, 0.6) is 11.5 Å². The van der Waals surface area contributed by atoms with Crippen LogP contribution in [0.25, 0.3) is 0 Å². The summed E-state index contributed by atoms with van der Waals surface area (Å²) in [6.07, 6.45) is 0. The molecule has 0 unspecified atom stereocenters. The number of ether oxygens (including phenoxy) is 1. The Morgan fingerprint density at radius 2 is 1.79 bits per heavy atom. The van der Waals surface area contributed by atoms with Crippen molar-refractivity contribution in [2.45, 2.75) is 13.8 Å². The largest absolute Gasteiger partial charge is 0.478 e. The van der Waals surface area contributed by atoms with E-state index in [1.165, 1.54) is 18.2 Å². The van der Waals surface area contributed by atoms with Crippen LogP contribution in [0.15, 0.2) is 36.4 Å². The average molecular weight is 260 g/mol. The zero-order chi connectivity index (χ0) is 14.0. The molecule has 3 nitrogen and oxygen atoms in total. The van der Waals surface area contributed by atoms with Gasteiger partial charge in [-0.15, -0.1) is 0 Å². The Morgan fingerprint density at radius 1 is 1.16 bits per heavy atom. The first kappa shape index (κ1) is 13.1. The summed E-state index contributed by atoms with van der Waals surface area (Å²) in [6, 6.07) is 9.23. The van der Waals surface area contributed by atoms with Crippen LogP contribution in [0.3, 0.4) is 0 Å². The predicted molar refractivity (Wildman–Crippen MR) is 69.3 cm³/mol. The van der Waals surface area contributed by atoms with Gasteiger partial charge in [-0.05, 0) is 49.2 Å². The fourth-order valence-electron chi connectivity index (χ4n) is 1.89. The Morgan fingerprint density at radius 3 is 2.37 bits per heavy atom. The van der Waals surface area contributed by atoms with Crippen molar-refractivity contribution in [1.29, 1.82) is 0 Å². The first-order chi connectivity index (χ1) is 8.97. The van der Waals surface area contributed by atoms with Gasteiger partial charge >= 0.3 is 5.97 Å². The fourth-order valence-corrected chi connectivity index (χ4v) is 1.89. The number of rotatable bonds is 3.